The zero-order valence-corrected chi connectivity index (χ0v) is 15.3. The third kappa shape index (κ3) is 3.55. The lowest BCUT2D eigenvalue weighted by Crippen LogP contribution is -2.29. The molecule has 0 bridgehead atoms. The molecule has 27 heavy (non-hydrogen) atoms. The summed E-state index contributed by atoms with van der Waals surface area (Å²) in [6.45, 7) is 5.21. The van der Waals surface area contributed by atoms with E-state index in [1.54, 1.807) is 24.8 Å². The van der Waals surface area contributed by atoms with Gasteiger partial charge < -0.3 is 9.42 Å². The minimum atomic E-state index is -0.0158. The molecule has 1 atom stereocenters. The molecule has 1 aliphatic rings. The Morgan fingerprint density at radius 1 is 1.19 bits per heavy atom. The number of hydrogen-bond acceptors (Lipinski definition) is 7. The highest BCUT2D eigenvalue weighted by molar-refractivity contribution is 5.93. The molecule has 0 spiro atoms. The van der Waals surface area contributed by atoms with Crippen LogP contribution in [0.25, 0.3) is 11.3 Å². The van der Waals surface area contributed by atoms with Crippen molar-refractivity contribution in [1.29, 1.82) is 0 Å². The van der Waals surface area contributed by atoms with Crippen LogP contribution in [0, 0.1) is 19.8 Å². The van der Waals surface area contributed by atoms with Gasteiger partial charge >= 0.3 is 0 Å². The molecule has 3 aromatic heterocycles. The second-order valence-electron chi connectivity index (χ2n) is 6.83. The van der Waals surface area contributed by atoms with Gasteiger partial charge in [-0.05, 0) is 32.6 Å². The molecular formula is C19H20N6O2. The van der Waals surface area contributed by atoms with E-state index in [9.17, 15) is 4.79 Å². The standard InChI is InChI=1S/C19H20N6O2/c1-12-18(13(2)27-24-12)17-9-22-16(8-23-17)5-14-3-4-25(10-14)19(26)15-6-20-11-21-7-15/h6-9,11,14H,3-5,10H2,1-2H3. The maximum Gasteiger partial charge on any atom is 0.256 e. The molecule has 1 fully saturated rings. The number of carbonyl (C=O) groups excluding carboxylic acids is 1. The minimum absolute atomic E-state index is 0.0158. The van der Waals surface area contributed by atoms with Gasteiger partial charge in [0.1, 0.15) is 12.1 Å². The van der Waals surface area contributed by atoms with Crippen molar-refractivity contribution < 1.29 is 9.32 Å². The van der Waals surface area contributed by atoms with Gasteiger partial charge in [-0.15, -0.1) is 0 Å². The Morgan fingerprint density at radius 3 is 2.67 bits per heavy atom. The van der Waals surface area contributed by atoms with Gasteiger partial charge in [-0.2, -0.15) is 0 Å². The Kier molecular flexibility index (Phi) is 4.62. The number of aryl methyl sites for hydroxylation is 2. The molecule has 4 rings (SSSR count). The summed E-state index contributed by atoms with van der Waals surface area (Å²) in [4.78, 5) is 31.3. The van der Waals surface area contributed by atoms with E-state index in [1.165, 1.54) is 6.33 Å². The summed E-state index contributed by atoms with van der Waals surface area (Å²) in [7, 11) is 0. The van der Waals surface area contributed by atoms with Crippen molar-refractivity contribution in [3.63, 3.8) is 0 Å². The van der Waals surface area contributed by atoms with Crippen molar-refractivity contribution in [1.82, 2.24) is 30.0 Å². The monoisotopic (exact) mass is 364 g/mol. The molecule has 8 heteroatoms. The number of amides is 1. The largest absolute Gasteiger partial charge is 0.361 e. The van der Waals surface area contributed by atoms with Gasteiger partial charge in [0.15, 0.2) is 0 Å². The van der Waals surface area contributed by atoms with Gasteiger partial charge in [0.05, 0.1) is 34.4 Å². The van der Waals surface area contributed by atoms with Crippen molar-refractivity contribution in [2.45, 2.75) is 26.7 Å². The summed E-state index contributed by atoms with van der Waals surface area (Å²) in [6, 6.07) is 0. The lowest BCUT2D eigenvalue weighted by Gasteiger charge is -2.16. The van der Waals surface area contributed by atoms with Crippen LogP contribution in [0.3, 0.4) is 0 Å². The van der Waals surface area contributed by atoms with Gasteiger partial charge in [-0.25, -0.2) is 9.97 Å². The molecule has 8 nitrogen and oxygen atoms in total. The fraction of sp³-hybridized carbons (Fsp3) is 0.368. The second-order valence-corrected chi connectivity index (χ2v) is 6.83. The van der Waals surface area contributed by atoms with E-state index in [0.717, 1.165) is 47.8 Å². The van der Waals surface area contributed by atoms with E-state index in [4.69, 9.17) is 4.52 Å². The SMILES string of the molecule is Cc1noc(C)c1-c1cnc(CC2CCN(C(=O)c3cncnc3)C2)cn1. The summed E-state index contributed by atoms with van der Waals surface area (Å²) < 4.78 is 5.19. The fourth-order valence-electron chi connectivity index (χ4n) is 3.51. The van der Waals surface area contributed by atoms with E-state index < -0.39 is 0 Å². The van der Waals surface area contributed by atoms with Crippen molar-refractivity contribution >= 4 is 5.91 Å². The van der Waals surface area contributed by atoms with Crippen LogP contribution in [0.2, 0.25) is 0 Å². The highest BCUT2D eigenvalue weighted by Gasteiger charge is 2.27. The third-order valence-electron chi connectivity index (χ3n) is 4.87. The number of rotatable bonds is 4. The first-order valence-electron chi connectivity index (χ1n) is 8.90. The van der Waals surface area contributed by atoms with Crippen molar-refractivity contribution in [2.75, 3.05) is 13.1 Å². The molecule has 0 saturated carbocycles. The van der Waals surface area contributed by atoms with E-state index in [2.05, 4.69) is 25.1 Å². The van der Waals surface area contributed by atoms with Crippen LogP contribution < -0.4 is 0 Å². The molecule has 1 amide bonds. The Morgan fingerprint density at radius 2 is 2.00 bits per heavy atom. The Balaban J connectivity index is 1.40. The fourth-order valence-corrected chi connectivity index (χ4v) is 3.51. The summed E-state index contributed by atoms with van der Waals surface area (Å²) in [6.07, 6.45) is 9.85. The lowest BCUT2D eigenvalue weighted by atomic mass is 10.0. The van der Waals surface area contributed by atoms with E-state index in [1.807, 2.05) is 18.7 Å². The van der Waals surface area contributed by atoms with Gasteiger partial charge in [0, 0.05) is 31.7 Å². The number of carbonyl (C=O) groups is 1. The molecule has 0 aliphatic carbocycles. The van der Waals surface area contributed by atoms with Crippen LogP contribution in [-0.2, 0) is 6.42 Å². The Labute approximate surface area is 156 Å². The normalized spacial score (nSPS) is 16.7. The minimum Gasteiger partial charge on any atom is -0.361 e. The Hall–Kier alpha value is -3.16. The quantitative estimate of drug-likeness (QED) is 0.700. The second kappa shape index (κ2) is 7.22. The van der Waals surface area contributed by atoms with Crippen LogP contribution in [-0.4, -0.2) is 49.0 Å². The highest BCUT2D eigenvalue weighted by atomic mass is 16.5. The molecular weight excluding hydrogens is 344 g/mol. The molecule has 138 valence electrons. The van der Waals surface area contributed by atoms with Crippen LogP contribution >= 0.6 is 0 Å². The van der Waals surface area contributed by atoms with Gasteiger partial charge in [-0.3, -0.25) is 14.8 Å². The maximum atomic E-state index is 12.5. The van der Waals surface area contributed by atoms with E-state index in [-0.39, 0.29) is 5.91 Å². The molecule has 3 aromatic rings. The molecule has 1 saturated heterocycles. The average molecular weight is 364 g/mol. The summed E-state index contributed by atoms with van der Waals surface area (Å²) in [5, 5.41) is 3.96. The first-order valence-corrected chi connectivity index (χ1v) is 8.90. The van der Waals surface area contributed by atoms with Crippen LogP contribution in [0.15, 0.2) is 35.6 Å². The van der Waals surface area contributed by atoms with Gasteiger partial charge in [0.25, 0.3) is 5.91 Å². The van der Waals surface area contributed by atoms with Crippen molar-refractivity contribution in [3.8, 4) is 11.3 Å². The molecule has 0 N–H and O–H groups in total. The van der Waals surface area contributed by atoms with Crippen LogP contribution in [0.1, 0.15) is 33.9 Å². The highest BCUT2D eigenvalue weighted by Crippen LogP contribution is 2.25. The topological polar surface area (TPSA) is 97.9 Å². The smallest absolute Gasteiger partial charge is 0.256 e. The van der Waals surface area contributed by atoms with Gasteiger partial charge in [-0.1, -0.05) is 5.16 Å². The predicted molar refractivity (Wildman–Crippen MR) is 96.7 cm³/mol. The first-order chi connectivity index (χ1) is 13.1. The lowest BCUT2D eigenvalue weighted by molar-refractivity contribution is 0.0786. The van der Waals surface area contributed by atoms with Crippen LogP contribution in [0.5, 0.6) is 0 Å². The summed E-state index contributed by atoms with van der Waals surface area (Å²) >= 11 is 0. The Bertz CT molecular complexity index is 919. The van der Waals surface area contributed by atoms with Gasteiger partial charge in [0.2, 0.25) is 0 Å². The number of likely N-dealkylation sites (tertiary alicyclic amines) is 1. The average Bonchev–Trinajstić information content (AvgIpc) is 3.29. The maximum absolute atomic E-state index is 12.5. The summed E-state index contributed by atoms with van der Waals surface area (Å²) in [5.74, 6) is 1.10. The number of hydrogen-bond donors (Lipinski definition) is 0. The molecule has 1 aliphatic heterocycles. The van der Waals surface area contributed by atoms with Crippen molar-refractivity contribution in [3.05, 3.63) is 53.8 Å². The first kappa shape index (κ1) is 17.3. The number of nitrogens with zero attached hydrogens (tertiary/aromatic N) is 6. The molecule has 4 heterocycles. The van der Waals surface area contributed by atoms with E-state index in [0.29, 0.717) is 18.0 Å². The molecule has 1 unspecified atom stereocenters. The summed E-state index contributed by atoms with van der Waals surface area (Å²) in [5.41, 5.74) is 3.93. The van der Waals surface area contributed by atoms with E-state index >= 15 is 0 Å². The zero-order valence-electron chi connectivity index (χ0n) is 15.3. The zero-order chi connectivity index (χ0) is 18.8. The molecule has 0 radical (unpaired) electrons. The molecule has 0 aromatic carbocycles. The third-order valence-corrected chi connectivity index (χ3v) is 4.87. The number of aromatic nitrogens is 5. The van der Waals surface area contributed by atoms with Crippen LogP contribution in [0.4, 0.5) is 0 Å². The predicted octanol–water partition coefficient (Wildman–Crippen LogP) is 2.24. The van der Waals surface area contributed by atoms with Crippen molar-refractivity contribution in [2.24, 2.45) is 5.92 Å².